The second-order valence-electron chi connectivity index (χ2n) is 4.77. The maximum Gasteiger partial charge on any atom is 0.320 e. The molecule has 0 aliphatic heterocycles. The fraction of sp³-hybridized carbons (Fsp3) is 0.200. The van der Waals surface area contributed by atoms with Crippen molar-refractivity contribution in [2.75, 3.05) is 11.9 Å². The summed E-state index contributed by atoms with van der Waals surface area (Å²) in [7, 11) is 0. The van der Waals surface area contributed by atoms with Crippen molar-refractivity contribution < 1.29 is 14.7 Å². The Morgan fingerprint density at radius 3 is 2.75 bits per heavy atom. The van der Waals surface area contributed by atoms with Crippen molar-refractivity contribution in [3.63, 3.8) is 0 Å². The zero-order chi connectivity index (χ0) is 17.5. The molecule has 9 heteroatoms. The van der Waals surface area contributed by atoms with Crippen LogP contribution in [0.25, 0.3) is 11.3 Å². The first-order valence-corrected chi connectivity index (χ1v) is 7.21. The van der Waals surface area contributed by atoms with Gasteiger partial charge in [0.05, 0.1) is 12.3 Å². The van der Waals surface area contributed by atoms with Gasteiger partial charge in [-0.15, -0.1) is 0 Å². The minimum Gasteiger partial charge on any atom is -0.392 e. The van der Waals surface area contributed by atoms with Gasteiger partial charge in [0.15, 0.2) is 0 Å². The van der Waals surface area contributed by atoms with Gasteiger partial charge in [-0.1, -0.05) is 0 Å². The second-order valence-corrected chi connectivity index (χ2v) is 4.77. The Morgan fingerprint density at radius 1 is 1.29 bits per heavy atom. The van der Waals surface area contributed by atoms with Crippen LogP contribution in [0.15, 0.2) is 30.6 Å². The van der Waals surface area contributed by atoms with Crippen LogP contribution < -0.4 is 21.9 Å². The molecule has 0 bridgehead atoms. The Bertz CT molecular complexity index is 750. The normalized spacial score (nSPS) is 10.1. The highest BCUT2D eigenvalue weighted by molar-refractivity contribution is 5.94. The van der Waals surface area contributed by atoms with E-state index in [-0.39, 0.29) is 12.6 Å². The van der Waals surface area contributed by atoms with E-state index >= 15 is 0 Å². The molecule has 3 amide bonds. The highest BCUT2D eigenvalue weighted by Gasteiger charge is 2.12. The molecule has 0 aliphatic carbocycles. The molecule has 2 heterocycles. The summed E-state index contributed by atoms with van der Waals surface area (Å²) in [4.78, 5) is 31.4. The van der Waals surface area contributed by atoms with E-state index in [2.05, 4.69) is 20.6 Å². The lowest BCUT2D eigenvalue weighted by Crippen LogP contribution is -2.30. The molecule has 0 radical (unpaired) electrons. The number of aliphatic hydroxyl groups excluding tert-OH is 1. The Balaban J connectivity index is 2.34. The van der Waals surface area contributed by atoms with E-state index in [1.54, 1.807) is 13.0 Å². The molecule has 2 aromatic rings. The molecular formula is C15H18N6O3. The fourth-order valence-corrected chi connectivity index (χ4v) is 2.05. The predicted molar refractivity (Wildman–Crippen MR) is 87.7 cm³/mol. The van der Waals surface area contributed by atoms with Crippen LogP contribution in [0.3, 0.4) is 0 Å². The Morgan fingerprint density at radius 2 is 2.08 bits per heavy atom. The van der Waals surface area contributed by atoms with Crippen molar-refractivity contribution in [2.24, 2.45) is 5.84 Å². The van der Waals surface area contributed by atoms with Gasteiger partial charge in [0.25, 0.3) is 5.91 Å². The van der Waals surface area contributed by atoms with E-state index in [1.807, 2.05) is 5.43 Å². The lowest BCUT2D eigenvalue weighted by molar-refractivity contribution is 0.0953. The lowest BCUT2D eigenvalue weighted by Gasteiger charge is -2.11. The van der Waals surface area contributed by atoms with Crippen LogP contribution in [0.1, 0.15) is 22.8 Å². The summed E-state index contributed by atoms with van der Waals surface area (Å²) in [5.74, 6) is 4.97. The van der Waals surface area contributed by atoms with Gasteiger partial charge >= 0.3 is 6.03 Å². The number of nitrogens with two attached hydrogens (primary N) is 1. The monoisotopic (exact) mass is 330 g/mol. The number of carbonyl (C=O) groups excluding carboxylic acids is 2. The largest absolute Gasteiger partial charge is 0.392 e. The Labute approximate surface area is 138 Å². The van der Waals surface area contributed by atoms with Crippen molar-refractivity contribution >= 4 is 17.8 Å². The molecule has 0 fully saturated rings. The number of rotatable bonds is 5. The summed E-state index contributed by atoms with van der Waals surface area (Å²) in [6, 6.07) is 4.21. The number of nitrogens with one attached hydrogen (secondary N) is 3. The zero-order valence-electron chi connectivity index (χ0n) is 13.0. The summed E-state index contributed by atoms with van der Waals surface area (Å²) >= 11 is 0. The molecule has 0 atom stereocenters. The first-order valence-electron chi connectivity index (χ1n) is 7.21. The number of aromatic nitrogens is 2. The molecular weight excluding hydrogens is 312 g/mol. The zero-order valence-corrected chi connectivity index (χ0v) is 13.0. The van der Waals surface area contributed by atoms with E-state index in [0.29, 0.717) is 34.7 Å². The van der Waals surface area contributed by atoms with Crippen LogP contribution in [-0.2, 0) is 6.61 Å². The topological polar surface area (TPSA) is 142 Å². The highest BCUT2D eigenvalue weighted by atomic mass is 16.3. The van der Waals surface area contributed by atoms with Crippen LogP contribution >= 0.6 is 0 Å². The minimum absolute atomic E-state index is 0.281. The van der Waals surface area contributed by atoms with Crippen LogP contribution in [0.4, 0.5) is 10.6 Å². The van der Waals surface area contributed by atoms with Gasteiger partial charge in [0.2, 0.25) is 0 Å². The number of hydrogen-bond acceptors (Lipinski definition) is 6. The summed E-state index contributed by atoms with van der Waals surface area (Å²) in [6.07, 6.45) is 2.93. The van der Waals surface area contributed by atoms with Gasteiger partial charge < -0.3 is 10.4 Å². The van der Waals surface area contributed by atoms with Gasteiger partial charge in [-0.05, 0) is 30.7 Å². The van der Waals surface area contributed by atoms with Crippen molar-refractivity contribution in [3.8, 4) is 11.3 Å². The van der Waals surface area contributed by atoms with Gasteiger partial charge in [0, 0.05) is 30.1 Å². The summed E-state index contributed by atoms with van der Waals surface area (Å²) in [5, 5.41) is 14.7. The fourth-order valence-electron chi connectivity index (χ4n) is 2.05. The van der Waals surface area contributed by atoms with Crippen LogP contribution in [-0.4, -0.2) is 33.6 Å². The number of urea groups is 1. The Hall–Kier alpha value is -3.04. The smallest absolute Gasteiger partial charge is 0.320 e. The summed E-state index contributed by atoms with van der Waals surface area (Å²) in [6.45, 7) is 2.00. The van der Waals surface area contributed by atoms with E-state index in [1.165, 1.54) is 24.5 Å². The third-order valence-corrected chi connectivity index (χ3v) is 3.17. The second kappa shape index (κ2) is 7.99. The maximum atomic E-state index is 11.6. The summed E-state index contributed by atoms with van der Waals surface area (Å²) < 4.78 is 0. The third-order valence-electron chi connectivity index (χ3n) is 3.17. The first-order chi connectivity index (χ1) is 11.6. The van der Waals surface area contributed by atoms with Gasteiger partial charge in [0.1, 0.15) is 5.82 Å². The summed E-state index contributed by atoms with van der Waals surface area (Å²) in [5.41, 5.74) is 3.89. The average molecular weight is 330 g/mol. The molecule has 0 saturated heterocycles. The molecule has 2 aromatic heterocycles. The van der Waals surface area contributed by atoms with E-state index in [9.17, 15) is 14.7 Å². The molecule has 0 aromatic carbocycles. The SMILES string of the molecule is CCNC(=O)Nc1cc(CO)c(-c2cc(C(=O)NN)ccn2)cn1. The van der Waals surface area contributed by atoms with Gasteiger partial charge in [-0.25, -0.2) is 15.6 Å². The third kappa shape index (κ3) is 4.03. The predicted octanol–water partition coefficient (Wildman–Crippen LogP) is 0.381. The number of hydrogen-bond donors (Lipinski definition) is 5. The molecule has 0 saturated carbocycles. The van der Waals surface area contributed by atoms with Gasteiger partial charge in [-0.3, -0.25) is 20.5 Å². The van der Waals surface area contributed by atoms with Crippen molar-refractivity contribution in [3.05, 3.63) is 41.7 Å². The van der Waals surface area contributed by atoms with E-state index in [0.717, 1.165) is 0 Å². The van der Waals surface area contributed by atoms with E-state index in [4.69, 9.17) is 5.84 Å². The van der Waals surface area contributed by atoms with Crippen molar-refractivity contribution in [2.45, 2.75) is 13.5 Å². The van der Waals surface area contributed by atoms with Crippen molar-refractivity contribution in [1.29, 1.82) is 0 Å². The molecule has 9 nitrogen and oxygen atoms in total. The standard InChI is InChI=1S/C15H18N6O3/c1-2-17-15(24)20-13-6-10(8-22)11(7-19-13)12-5-9(3-4-18-12)14(23)21-16/h3-7,22H,2,8,16H2,1H3,(H,21,23)(H2,17,19,20,24). The molecule has 2 rings (SSSR count). The van der Waals surface area contributed by atoms with E-state index < -0.39 is 5.91 Å². The lowest BCUT2D eigenvalue weighted by atomic mass is 10.1. The number of nitrogen functional groups attached to an aromatic ring is 1. The molecule has 24 heavy (non-hydrogen) atoms. The highest BCUT2D eigenvalue weighted by Crippen LogP contribution is 2.24. The van der Waals surface area contributed by atoms with Crippen LogP contribution in [0.2, 0.25) is 0 Å². The number of anilines is 1. The average Bonchev–Trinajstić information content (AvgIpc) is 2.61. The Kier molecular flexibility index (Phi) is 5.77. The number of nitrogens with zero attached hydrogens (tertiary/aromatic N) is 2. The number of pyridine rings is 2. The number of aliphatic hydroxyl groups is 1. The van der Waals surface area contributed by atoms with Crippen molar-refractivity contribution in [1.82, 2.24) is 20.7 Å². The molecule has 126 valence electrons. The minimum atomic E-state index is -0.452. The number of hydrazine groups is 1. The molecule has 0 spiro atoms. The number of amides is 3. The molecule has 0 unspecified atom stereocenters. The molecule has 0 aliphatic rings. The van der Waals surface area contributed by atoms with Crippen LogP contribution in [0.5, 0.6) is 0 Å². The first kappa shape index (κ1) is 17.3. The van der Waals surface area contributed by atoms with Crippen LogP contribution in [0, 0.1) is 0 Å². The quantitative estimate of drug-likeness (QED) is 0.305. The maximum absolute atomic E-state index is 11.6. The number of carbonyl (C=O) groups is 2. The van der Waals surface area contributed by atoms with Gasteiger partial charge in [-0.2, -0.15) is 0 Å². The molecule has 6 N–H and O–H groups in total.